The summed E-state index contributed by atoms with van der Waals surface area (Å²) in [6, 6.07) is 6.73. The topological polar surface area (TPSA) is 45.2 Å². The minimum Gasteiger partial charge on any atom is -0.393 e. The number of aliphatic hydroxyl groups is 1. The quantitative estimate of drug-likeness (QED) is 0.814. The van der Waals surface area contributed by atoms with Crippen molar-refractivity contribution in [3.05, 3.63) is 30.1 Å². The molecule has 1 fully saturated rings. The Morgan fingerprint density at radius 2 is 2.12 bits per heavy atom. The van der Waals surface area contributed by atoms with Crippen molar-refractivity contribution in [1.29, 1.82) is 0 Å². The molecule has 3 nitrogen and oxygen atoms in total. The number of nitrogens with zero attached hydrogens (tertiary/aromatic N) is 1. The first kappa shape index (κ1) is 11.6. The highest BCUT2D eigenvalue weighted by Crippen LogP contribution is 2.37. The van der Waals surface area contributed by atoms with Crippen LogP contribution in [-0.4, -0.2) is 22.2 Å². The molecule has 0 amide bonds. The smallest absolute Gasteiger partial charge is 0.0576 e. The maximum absolute atomic E-state index is 9.40. The van der Waals surface area contributed by atoms with Gasteiger partial charge in [-0.3, -0.25) is 4.98 Å². The van der Waals surface area contributed by atoms with Crippen molar-refractivity contribution < 1.29 is 5.11 Å². The maximum atomic E-state index is 9.40. The monoisotopic (exact) mass is 220 g/mol. The van der Waals surface area contributed by atoms with Gasteiger partial charge in [0.2, 0.25) is 0 Å². The molecular formula is C13H20N2O. The van der Waals surface area contributed by atoms with Gasteiger partial charge in [0.25, 0.3) is 0 Å². The number of hydrogen-bond acceptors (Lipinski definition) is 3. The number of aromatic nitrogens is 1. The Labute approximate surface area is 96.9 Å². The second kappa shape index (κ2) is 4.93. The van der Waals surface area contributed by atoms with Crippen molar-refractivity contribution >= 4 is 0 Å². The van der Waals surface area contributed by atoms with Crippen LogP contribution in [0, 0.1) is 5.92 Å². The Kier molecular flexibility index (Phi) is 3.56. The fourth-order valence-corrected chi connectivity index (χ4v) is 2.28. The molecule has 1 aliphatic rings. The molecule has 3 heteroatoms. The molecule has 0 saturated heterocycles. The van der Waals surface area contributed by atoms with Crippen molar-refractivity contribution in [1.82, 2.24) is 10.3 Å². The van der Waals surface area contributed by atoms with E-state index in [4.69, 9.17) is 0 Å². The molecule has 0 radical (unpaired) electrons. The number of rotatable bonds is 4. The summed E-state index contributed by atoms with van der Waals surface area (Å²) < 4.78 is 0. The van der Waals surface area contributed by atoms with Gasteiger partial charge in [0.1, 0.15) is 0 Å². The van der Waals surface area contributed by atoms with Crippen LogP contribution in [-0.2, 0) is 0 Å². The Morgan fingerprint density at radius 3 is 2.62 bits per heavy atom. The fourth-order valence-electron chi connectivity index (χ4n) is 2.28. The molecule has 16 heavy (non-hydrogen) atoms. The van der Waals surface area contributed by atoms with E-state index in [9.17, 15) is 5.11 Å². The van der Waals surface area contributed by atoms with Gasteiger partial charge in [0, 0.05) is 12.2 Å². The minimum absolute atomic E-state index is 0.106. The molecule has 1 saturated carbocycles. The summed E-state index contributed by atoms with van der Waals surface area (Å²) >= 11 is 0. The molecule has 0 aliphatic heterocycles. The number of nitrogens with one attached hydrogen (secondary N) is 1. The molecule has 1 atom stereocenters. The lowest BCUT2D eigenvalue weighted by Gasteiger charge is -2.38. The summed E-state index contributed by atoms with van der Waals surface area (Å²) in [5.41, 5.74) is 1.09. The van der Waals surface area contributed by atoms with Gasteiger partial charge in [-0.15, -0.1) is 0 Å². The highest BCUT2D eigenvalue weighted by Gasteiger charge is 2.35. The van der Waals surface area contributed by atoms with Crippen molar-refractivity contribution in [2.24, 2.45) is 5.92 Å². The second-order valence-corrected chi connectivity index (χ2v) is 4.94. The average molecular weight is 220 g/mol. The van der Waals surface area contributed by atoms with Crippen LogP contribution >= 0.6 is 0 Å². The summed E-state index contributed by atoms with van der Waals surface area (Å²) in [4.78, 5) is 4.42. The summed E-state index contributed by atoms with van der Waals surface area (Å²) in [5.74, 6) is 0.521. The highest BCUT2D eigenvalue weighted by atomic mass is 16.3. The van der Waals surface area contributed by atoms with Gasteiger partial charge >= 0.3 is 0 Å². The van der Waals surface area contributed by atoms with Gasteiger partial charge in [0.15, 0.2) is 0 Å². The molecule has 0 aromatic carbocycles. The van der Waals surface area contributed by atoms with E-state index < -0.39 is 0 Å². The van der Waals surface area contributed by atoms with Gasteiger partial charge in [-0.1, -0.05) is 19.9 Å². The van der Waals surface area contributed by atoms with Crippen molar-refractivity contribution in [2.45, 2.75) is 44.9 Å². The SMILES string of the molecule is CC(C)N[C@@H](c1ccccn1)C1CC(O)C1. The van der Waals surface area contributed by atoms with E-state index in [1.807, 2.05) is 18.3 Å². The lowest BCUT2D eigenvalue weighted by Crippen LogP contribution is -2.41. The molecule has 1 heterocycles. The van der Waals surface area contributed by atoms with E-state index in [0.717, 1.165) is 18.5 Å². The summed E-state index contributed by atoms with van der Waals surface area (Å²) in [5, 5.41) is 12.9. The van der Waals surface area contributed by atoms with Gasteiger partial charge < -0.3 is 10.4 Å². The van der Waals surface area contributed by atoms with Crippen LogP contribution in [0.15, 0.2) is 24.4 Å². The first-order valence-corrected chi connectivity index (χ1v) is 6.02. The zero-order chi connectivity index (χ0) is 11.5. The third-order valence-electron chi connectivity index (χ3n) is 3.14. The van der Waals surface area contributed by atoms with Crippen molar-refractivity contribution in [3.8, 4) is 0 Å². The van der Waals surface area contributed by atoms with E-state index in [-0.39, 0.29) is 12.1 Å². The predicted molar refractivity (Wildman–Crippen MR) is 64.0 cm³/mol. The third kappa shape index (κ3) is 2.60. The van der Waals surface area contributed by atoms with Crippen LogP contribution in [0.4, 0.5) is 0 Å². The molecule has 0 spiro atoms. The average Bonchev–Trinajstić information content (AvgIpc) is 2.23. The van der Waals surface area contributed by atoms with Crippen LogP contribution in [0.25, 0.3) is 0 Å². The van der Waals surface area contributed by atoms with Gasteiger partial charge in [-0.25, -0.2) is 0 Å². The molecule has 2 N–H and O–H groups in total. The predicted octanol–water partition coefficient (Wildman–Crippen LogP) is 1.89. The molecule has 0 unspecified atom stereocenters. The van der Waals surface area contributed by atoms with Crippen LogP contribution in [0.1, 0.15) is 38.4 Å². The van der Waals surface area contributed by atoms with E-state index in [2.05, 4.69) is 30.2 Å². The third-order valence-corrected chi connectivity index (χ3v) is 3.14. The van der Waals surface area contributed by atoms with Crippen LogP contribution in [0.2, 0.25) is 0 Å². The summed E-state index contributed by atoms with van der Waals surface area (Å²) in [6.45, 7) is 4.29. The molecule has 88 valence electrons. The molecule has 1 aromatic heterocycles. The first-order chi connectivity index (χ1) is 7.66. The Hall–Kier alpha value is -0.930. The minimum atomic E-state index is -0.106. The number of hydrogen-bond donors (Lipinski definition) is 2. The lowest BCUT2D eigenvalue weighted by atomic mass is 9.76. The van der Waals surface area contributed by atoms with Gasteiger partial charge in [-0.2, -0.15) is 0 Å². The normalized spacial score (nSPS) is 26.5. The standard InChI is InChI=1S/C13H20N2O/c1-9(2)15-13(10-7-11(16)8-10)12-5-3-4-6-14-12/h3-6,9-11,13,15-16H,7-8H2,1-2H3/t10?,11?,13-/m1/s1. The van der Waals surface area contributed by atoms with E-state index in [1.165, 1.54) is 0 Å². The Morgan fingerprint density at radius 1 is 1.38 bits per heavy atom. The zero-order valence-electron chi connectivity index (χ0n) is 9.93. The van der Waals surface area contributed by atoms with Gasteiger partial charge in [-0.05, 0) is 30.9 Å². The van der Waals surface area contributed by atoms with E-state index in [1.54, 1.807) is 0 Å². The number of pyridine rings is 1. The van der Waals surface area contributed by atoms with Crippen LogP contribution < -0.4 is 5.32 Å². The summed E-state index contributed by atoms with van der Waals surface area (Å²) in [6.07, 6.45) is 3.51. The van der Waals surface area contributed by atoms with Crippen molar-refractivity contribution in [2.75, 3.05) is 0 Å². The first-order valence-electron chi connectivity index (χ1n) is 6.02. The highest BCUT2D eigenvalue weighted by molar-refractivity contribution is 5.12. The Balaban J connectivity index is 2.09. The van der Waals surface area contributed by atoms with E-state index >= 15 is 0 Å². The van der Waals surface area contributed by atoms with Crippen molar-refractivity contribution in [3.63, 3.8) is 0 Å². The molecule has 1 aromatic rings. The Bertz CT molecular complexity index is 320. The van der Waals surface area contributed by atoms with E-state index in [0.29, 0.717) is 12.0 Å². The fraction of sp³-hybridized carbons (Fsp3) is 0.615. The summed E-state index contributed by atoms with van der Waals surface area (Å²) in [7, 11) is 0. The van der Waals surface area contributed by atoms with Crippen LogP contribution in [0.5, 0.6) is 0 Å². The van der Waals surface area contributed by atoms with Crippen LogP contribution in [0.3, 0.4) is 0 Å². The largest absolute Gasteiger partial charge is 0.393 e. The molecule has 0 bridgehead atoms. The number of aliphatic hydroxyl groups excluding tert-OH is 1. The zero-order valence-corrected chi connectivity index (χ0v) is 9.93. The lowest BCUT2D eigenvalue weighted by molar-refractivity contribution is 0.0218. The maximum Gasteiger partial charge on any atom is 0.0576 e. The molecule has 1 aliphatic carbocycles. The molecular weight excluding hydrogens is 200 g/mol. The molecule has 2 rings (SSSR count). The second-order valence-electron chi connectivity index (χ2n) is 4.94. The van der Waals surface area contributed by atoms with Gasteiger partial charge in [0.05, 0.1) is 17.8 Å².